The van der Waals surface area contributed by atoms with E-state index in [4.69, 9.17) is 14.2 Å². The molecular weight excluding hydrogens is 467 g/mol. The molecule has 0 bridgehead atoms. The molecular formula is C27H23FN2O6. The zero-order chi connectivity index (χ0) is 26.0. The number of esters is 3. The second-order valence-electron chi connectivity index (χ2n) is 8.16. The standard InChI is InChI=1S/C27H23FN2O6/c1-4-36-26(33)27(15-29)20-14-11-16-7-5-6-8-19(16)30(20)23(25(32)35-3)21(24(31)34-2)22(27)17-9-12-18(28)13-10-17/h5-14,20,22H,4H2,1-3H3/t20-,22-,27-/m1/s1. The summed E-state index contributed by atoms with van der Waals surface area (Å²) in [6.07, 6.45) is 3.36. The molecule has 0 unspecified atom stereocenters. The third kappa shape index (κ3) is 3.62. The van der Waals surface area contributed by atoms with E-state index in [1.165, 1.54) is 17.0 Å². The number of nitrogens with zero attached hydrogens (tertiary/aromatic N) is 2. The van der Waals surface area contributed by atoms with Gasteiger partial charge in [-0.05, 0) is 36.2 Å². The van der Waals surface area contributed by atoms with Crippen LogP contribution >= 0.6 is 0 Å². The summed E-state index contributed by atoms with van der Waals surface area (Å²) in [5, 5.41) is 10.7. The number of hydrogen-bond donors (Lipinski definition) is 0. The van der Waals surface area contributed by atoms with Crippen LogP contribution in [0, 0.1) is 22.6 Å². The largest absolute Gasteiger partial charge is 0.466 e. The van der Waals surface area contributed by atoms with E-state index >= 15 is 0 Å². The first-order chi connectivity index (χ1) is 17.3. The van der Waals surface area contributed by atoms with Gasteiger partial charge in [0.1, 0.15) is 11.5 Å². The monoisotopic (exact) mass is 490 g/mol. The molecule has 3 atom stereocenters. The van der Waals surface area contributed by atoms with Crippen molar-refractivity contribution in [2.75, 3.05) is 25.7 Å². The second-order valence-corrected chi connectivity index (χ2v) is 8.16. The Balaban J connectivity index is 2.19. The number of methoxy groups -OCH3 is 2. The highest BCUT2D eigenvalue weighted by Gasteiger charge is 2.63. The molecule has 4 rings (SSSR count). The number of rotatable bonds is 5. The van der Waals surface area contributed by atoms with E-state index in [1.807, 2.05) is 0 Å². The number of benzene rings is 2. The van der Waals surface area contributed by atoms with Crippen LogP contribution in [0.1, 0.15) is 24.0 Å². The maximum Gasteiger partial charge on any atom is 0.355 e. The first-order valence-corrected chi connectivity index (χ1v) is 11.2. The Labute approximate surface area is 207 Å². The molecule has 9 heteroatoms. The molecule has 0 spiro atoms. The van der Waals surface area contributed by atoms with E-state index in [-0.39, 0.29) is 23.4 Å². The number of nitriles is 1. The normalized spacial score (nSPS) is 22.1. The lowest BCUT2D eigenvalue weighted by atomic mass is 9.61. The molecule has 0 N–H and O–H groups in total. The number of hydrogen-bond acceptors (Lipinski definition) is 8. The third-order valence-corrected chi connectivity index (χ3v) is 6.42. The van der Waals surface area contributed by atoms with Crippen molar-refractivity contribution in [3.8, 4) is 6.07 Å². The number of para-hydroxylation sites is 1. The summed E-state index contributed by atoms with van der Waals surface area (Å²) in [5.74, 6) is -4.61. The smallest absolute Gasteiger partial charge is 0.355 e. The highest BCUT2D eigenvalue weighted by molar-refractivity contribution is 6.08. The molecule has 2 aromatic carbocycles. The number of carbonyl (C=O) groups is 3. The van der Waals surface area contributed by atoms with Crippen LogP contribution in [0.25, 0.3) is 6.08 Å². The third-order valence-electron chi connectivity index (χ3n) is 6.42. The summed E-state index contributed by atoms with van der Waals surface area (Å²) >= 11 is 0. The van der Waals surface area contributed by atoms with Gasteiger partial charge in [-0.2, -0.15) is 5.26 Å². The lowest BCUT2D eigenvalue weighted by Crippen LogP contribution is -2.60. The van der Waals surface area contributed by atoms with E-state index in [2.05, 4.69) is 6.07 Å². The molecule has 0 amide bonds. The number of carbonyl (C=O) groups excluding carboxylic acids is 3. The summed E-state index contributed by atoms with van der Waals surface area (Å²) in [4.78, 5) is 41.8. The molecule has 2 heterocycles. The second kappa shape index (κ2) is 9.66. The summed E-state index contributed by atoms with van der Waals surface area (Å²) in [7, 11) is 2.29. The quantitative estimate of drug-likeness (QED) is 0.463. The zero-order valence-corrected chi connectivity index (χ0v) is 19.9. The van der Waals surface area contributed by atoms with Gasteiger partial charge < -0.3 is 19.1 Å². The van der Waals surface area contributed by atoms with E-state index < -0.39 is 41.1 Å². The molecule has 2 aliphatic heterocycles. The molecule has 8 nitrogen and oxygen atoms in total. The van der Waals surface area contributed by atoms with Crippen molar-refractivity contribution in [2.24, 2.45) is 5.41 Å². The maximum atomic E-state index is 13.9. The fourth-order valence-corrected chi connectivity index (χ4v) is 4.94. The van der Waals surface area contributed by atoms with Gasteiger partial charge in [-0.25, -0.2) is 14.0 Å². The van der Waals surface area contributed by atoms with Crippen molar-refractivity contribution in [1.82, 2.24) is 0 Å². The van der Waals surface area contributed by atoms with Gasteiger partial charge in [0.25, 0.3) is 0 Å². The van der Waals surface area contributed by atoms with Gasteiger partial charge in [0.05, 0.1) is 44.4 Å². The van der Waals surface area contributed by atoms with Crippen molar-refractivity contribution >= 4 is 29.7 Å². The van der Waals surface area contributed by atoms with Crippen LogP contribution in [0.4, 0.5) is 10.1 Å². The van der Waals surface area contributed by atoms with Gasteiger partial charge in [0, 0.05) is 5.69 Å². The average Bonchev–Trinajstić information content (AvgIpc) is 2.91. The van der Waals surface area contributed by atoms with Gasteiger partial charge in [0.15, 0.2) is 5.41 Å². The lowest BCUT2D eigenvalue weighted by molar-refractivity contribution is -0.154. The Kier molecular flexibility index (Phi) is 6.62. The van der Waals surface area contributed by atoms with Crippen LogP contribution in [-0.2, 0) is 28.6 Å². The maximum absolute atomic E-state index is 13.9. The predicted octanol–water partition coefficient (Wildman–Crippen LogP) is 3.50. The minimum Gasteiger partial charge on any atom is -0.466 e. The molecule has 0 aromatic heterocycles. The topological polar surface area (TPSA) is 106 Å². The first kappa shape index (κ1) is 24.7. The van der Waals surface area contributed by atoms with Gasteiger partial charge >= 0.3 is 17.9 Å². The van der Waals surface area contributed by atoms with E-state index in [0.717, 1.165) is 26.4 Å². The van der Waals surface area contributed by atoms with E-state index in [0.29, 0.717) is 11.3 Å². The molecule has 0 aliphatic carbocycles. The number of halogens is 1. The van der Waals surface area contributed by atoms with Gasteiger partial charge in [0.2, 0.25) is 0 Å². The molecule has 0 fully saturated rings. The molecule has 0 saturated heterocycles. The lowest BCUT2D eigenvalue weighted by Gasteiger charge is -2.50. The number of fused-ring (bicyclic) bond motifs is 3. The van der Waals surface area contributed by atoms with E-state index in [1.54, 1.807) is 43.3 Å². The molecule has 2 aliphatic rings. The minimum atomic E-state index is -2.06. The summed E-state index contributed by atoms with van der Waals surface area (Å²) in [6, 6.07) is 13.1. The highest BCUT2D eigenvalue weighted by atomic mass is 19.1. The molecule has 184 valence electrons. The van der Waals surface area contributed by atoms with Crippen molar-refractivity contribution in [3.63, 3.8) is 0 Å². The summed E-state index contributed by atoms with van der Waals surface area (Å²) in [6.45, 7) is 1.56. The van der Waals surface area contributed by atoms with Crippen LogP contribution in [0.3, 0.4) is 0 Å². The van der Waals surface area contributed by atoms with Crippen molar-refractivity contribution < 1.29 is 33.0 Å². The Morgan fingerprint density at radius 2 is 1.72 bits per heavy atom. The van der Waals surface area contributed by atoms with Crippen LogP contribution < -0.4 is 4.90 Å². The SMILES string of the molecule is CCOC(=O)[C@@]1(C#N)[C@H](c2ccc(F)cc2)C(C(=O)OC)=C(C(=O)OC)N2c3ccccc3C=C[C@@H]21. The number of ether oxygens (including phenoxy) is 3. The Morgan fingerprint density at radius 1 is 1.06 bits per heavy atom. The summed E-state index contributed by atoms with van der Waals surface area (Å²) < 4.78 is 29.4. The Hall–Kier alpha value is -4.45. The molecule has 2 aromatic rings. The Bertz CT molecular complexity index is 1330. The average molecular weight is 490 g/mol. The fraction of sp³-hybridized carbons (Fsp3) is 0.259. The van der Waals surface area contributed by atoms with Gasteiger partial charge in [-0.15, -0.1) is 0 Å². The van der Waals surface area contributed by atoms with Crippen molar-refractivity contribution in [3.05, 3.63) is 82.8 Å². The number of anilines is 1. The zero-order valence-electron chi connectivity index (χ0n) is 19.9. The van der Waals surface area contributed by atoms with Crippen LogP contribution in [0.15, 0.2) is 65.9 Å². The highest BCUT2D eigenvalue weighted by Crippen LogP contribution is 2.55. The Morgan fingerprint density at radius 3 is 2.33 bits per heavy atom. The van der Waals surface area contributed by atoms with Crippen LogP contribution in [0.5, 0.6) is 0 Å². The predicted molar refractivity (Wildman–Crippen MR) is 127 cm³/mol. The van der Waals surface area contributed by atoms with Crippen molar-refractivity contribution in [2.45, 2.75) is 18.9 Å². The van der Waals surface area contributed by atoms with Crippen LogP contribution in [-0.4, -0.2) is 44.8 Å². The van der Waals surface area contributed by atoms with Gasteiger partial charge in [-0.3, -0.25) is 4.79 Å². The molecule has 0 saturated carbocycles. The first-order valence-electron chi connectivity index (χ1n) is 11.2. The van der Waals surface area contributed by atoms with E-state index in [9.17, 15) is 24.0 Å². The van der Waals surface area contributed by atoms with Gasteiger partial charge in [-0.1, -0.05) is 42.5 Å². The molecule has 36 heavy (non-hydrogen) atoms. The fourth-order valence-electron chi connectivity index (χ4n) is 4.94. The minimum absolute atomic E-state index is 0.0352. The van der Waals surface area contributed by atoms with Crippen LogP contribution in [0.2, 0.25) is 0 Å². The molecule has 0 radical (unpaired) electrons. The van der Waals surface area contributed by atoms with Crippen molar-refractivity contribution in [1.29, 1.82) is 5.26 Å². The summed E-state index contributed by atoms with van der Waals surface area (Å²) in [5.41, 5.74) is -1.09.